The summed E-state index contributed by atoms with van der Waals surface area (Å²) in [6.07, 6.45) is -3.76. The maximum atomic E-state index is 12.5. The van der Waals surface area contributed by atoms with Crippen molar-refractivity contribution in [3.8, 4) is 0 Å². The summed E-state index contributed by atoms with van der Waals surface area (Å²) in [6.45, 7) is 1.80. The SMILES string of the molecule is Cc1cc(C2CCCCC2)n(O[C@@H]2O[C@H](C(=O)O)[C@@H](O)[C@H](O)[C@H]2O)c(=O)c1. The van der Waals surface area contributed by atoms with E-state index in [1.807, 2.05) is 6.07 Å². The first-order valence-corrected chi connectivity index (χ1v) is 9.13. The van der Waals surface area contributed by atoms with Crippen molar-refractivity contribution in [3.05, 3.63) is 33.7 Å². The van der Waals surface area contributed by atoms with Crippen LogP contribution < -0.4 is 10.4 Å². The van der Waals surface area contributed by atoms with Crippen LogP contribution in [0.1, 0.15) is 49.3 Å². The van der Waals surface area contributed by atoms with Gasteiger partial charge in [-0.2, -0.15) is 0 Å². The van der Waals surface area contributed by atoms with Gasteiger partial charge in [0.15, 0.2) is 6.10 Å². The van der Waals surface area contributed by atoms with Crippen molar-refractivity contribution in [2.24, 2.45) is 0 Å². The average molecular weight is 383 g/mol. The van der Waals surface area contributed by atoms with E-state index in [0.29, 0.717) is 5.69 Å². The minimum absolute atomic E-state index is 0.0952. The van der Waals surface area contributed by atoms with Crippen molar-refractivity contribution in [3.63, 3.8) is 0 Å². The Bertz CT molecular complexity index is 741. The Balaban J connectivity index is 1.92. The third kappa shape index (κ3) is 4.01. The predicted molar refractivity (Wildman–Crippen MR) is 92.2 cm³/mol. The molecule has 9 heteroatoms. The highest BCUT2D eigenvalue weighted by molar-refractivity contribution is 5.73. The summed E-state index contributed by atoms with van der Waals surface area (Å²) in [6, 6.07) is 3.19. The molecule has 1 aromatic heterocycles. The van der Waals surface area contributed by atoms with Gasteiger partial charge in [-0.3, -0.25) is 4.79 Å². The summed E-state index contributed by atoms with van der Waals surface area (Å²) in [5.41, 5.74) is 0.922. The zero-order chi connectivity index (χ0) is 19.7. The number of pyridine rings is 1. The second-order valence-electron chi connectivity index (χ2n) is 7.27. The molecule has 1 saturated heterocycles. The number of carbonyl (C=O) groups is 1. The van der Waals surface area contributed by atoms with E-state index in [9.17, 15) is 24.9 Å². The van der Waals surface area contributed by atoms with E-state index in [1.54, 1.807) is 6.92 Å². The number of nitrogens with zero attached hydrogens (tertiary/aromatic N) is 1. The first kappa shape index (κ1) is 19.8. The van der Waals surface area contributed by atoms with Crippen LogP contribution in [0.3, 0.4) is 0 Å². The number of aryl methyl sites for hydroxylation is 1. The normalized spacial score (nSPS) is 32.2. The van der Waals surface area contributed by atoms with E-state index < -0.39 is 42.2 Å². The average Bonchev–Trinajstić information content (AvgIpc) is 2.64. The third-order valence-electron chi connectivity index (χ3n) is 5.21. The Morgan fingerprint density at radius 1 is 1.11 bits per heavy atom. The molecule has 2 fully saturated rings. The molecule has 27 heavy (non-hydrogen) atoms. The van der Waals surface area contributed by atoms with Crippen molar-refractivity contribution >= 4 is 5.97 Å². The lowest BCUT2D eigenvalue weighted by atomic mass is 9.86. The van der Waals surface area contributed by atoms with E-state index in [1.165, 1.54) is 6.07 Å². The van der Waals surface area contributed by atoms with E-state index in [0.717, 1.165) is 42.4 Å². The van der Waals surface area contributed by atoms with Gasteiger partial charge in [-0.05, 0) is 31.4 Å². The van der Waals surface area contributed by atoms with Crippen molar-refractivity contribution < 1.29 is 34.8 Å². The number of hydrogen-bond donors (Lipinski definition) is 4. The minimum Gasteiger partial charge on any atom is -0.479 e. The van der Waals surface area contributed by atoms with Crippen LogP contribution in [0.15, 0.2) is 16.9 Å². The lowest BCUT2D eigenvalue weighted by Gasteiger charge is -2.38. The van der Waals surface area contributed by atoms with Gasteiger partial charge in [0.2, 0.25) is 0 Å². The smallest absolute Gasteiger partial charge is 0.335 e. The van der Waals surface area contributed by atoms with Gasteiger partial charge in [0, 0.05) is 12.0 Å². The number of ether oxygens (including phenoxy) is 1. The highest BCUT2D eigenvalue weighted by atomic mass is 16.8. The molecule has 1 saturated carbocycles. The van der Waals surface area contributed by atoms with Crippen molar-refractivity contribution in [1.29, 1.82) is 0 Å². The Morgan fingerprint density at radius 3 is 2.41 bits per heavy atom. The third-order valence-corrected chi connectivity index (χ3v) is 5.21. The maximum Gasteiger partial charge on any atom is 0.335 e. The number of carboxylic acids is 1. The lowest BCUT2D eigenvalue weighted by molar-refractivity contribution is -0.295. The summed E-state index contributed by atoms with van der Waals surface area (Å²) in [4.78, 5) is 29.3. The van der Waals surface area contributed by atoms with Crippen molar-refractivity contribution in [2.45, 2.75) is 75.7 Å². The van der Waals surface area contributed by atoms with Crippen LogP contribution in [0.2, 0.25) is 0 Å². The largest absolute Gasteiger partial charge is 0.479 e. The molecular weight excluding hydrogens is 358 g/mol. The van der Waals surface area contributed by atoms with Gasteiger partial charge in [-0.25, -0.2) is 4.79 Å². The molecule has 9 nitrogen and oxygen atoms in total. The maximum absolute atomic E-state index is 12.5. The number of aromatic nitrogens is 1. The van der Waals surface area contributed by atoms with Crippen LogP contribution in [0.4, 0.5) is 0 Å². The van der Waals surface area contributed by atoms with Crippen LogP contribution in [0.25, 0.3) is 0 Å². The number of aliphatic hydroxyl groups excluding tert-OH is 3. The first-order chi connectivity index (χ1) is 12.8. The molecule has 3 rings (SSSR count). The monoisotopic (exact) mass is 383 g/mol. The Labute approximate surface area is 155 Å². The molecule has 4 N–H and O–H groups in total. The molecule has 2 aliphatic rings. The molecule has 1 aromatic rings. The number of aliphatic hydroxyl groups is 3. The first-order valence-electron chi connectivity index (χ1n) is 9.13. The molecule has 0 amide bonds. The van der Waals surface area contributed by atoms with Gasteiger partial charge in [0.05, 0.1) is 5.69 Å². The van der Waals surface area contributed by atoms with E-state index >= 15 is 0 Å². The molecule has 1 aliphatic heterocycles. The number of aliphatic carboxylic acids is 1. The highest BCUT2D eigenvalue weighted by Crippen LogP contribution is 2.32. The molecule has 1 aliphatic carbocycles. The molecule has 5 atom stereocenters. The zero-order valence-corrected chi connectivity index (χ0v) is 15.0. The second-order valence-corrected chi connectivity index (χ2v) is 7.27. The van der Waals surface area contributed by atoms with Crippen molar-refractivity contribution in [2.75, 3.05) is 0 Å². The molecule has 0 bridgehead atoms. The van der Waals surface area contributed by atoms with Crippen LogP contribution in [0, 0.1) is 6.92 Å². The number of carboxylic acid groups (broad SMARTS) is 1. The molecule has 0 aromatic carbocycles. The topological polar surface area (TPSA) is 138 Å². The molecule has 2 heterocycles. The van der Waals surface area contributed by atoms with Gasteiger partial charge >= 0.3 is 5.97 Å². The van der Waals surface area contributed by atoms with E-state index in [2.05, 4.69) is 0 Å². The summed E-state index contributed by atoms with van der Waals surface area (Å²) in [5, 5.41) is 39.0. The van der Waals surface area contributed by atoms with E-state index in [-0.39, 0.29) is 5.92 Å². The van der Waals surface area contributed by atoms with Crippen molar-refractivity contribution in [1.82, 2.24) is 4.73 Å². The lowest BCUT2D eigenvalue weighted by Crippen LogP contribution is -2.62. The van der Waals surface area contributed by atoms with Gasteiger partial charge in [-0.1, -0.05) is 19.3 Å². The standard InChI is InChI=1S/C18H25NO8/c1-9-7-11(10-5-3-2-4-6-10)19(12(20)8-9)27-18-15(23)13(21)14(22)16(26-18)17(24)25/h7-8,10,13-16,18,21-23H,2-6H2,1H3,(H,24,25)/t13-,14-,15+,16-,18-/m0/s1. The van der Waals surface area contributed by atoms with Gasteiger partial charge < -0.3 is 30.0 Å². The molecule has 0 radical (unpaired) electrons. The minimum atomic E-state index is -1.81. The highest BCUT2D eigenvalue weighted by Gasteiger charge is 2.48. The Kier molecular flexibility index (Phi) is 5.85. The fourth-order valence-electron chi connectivity index (χ4n) is 3.75. The van der Waals surface area contributed by atoms with Gasteiger partial charge in [0.25, 0.3) is 11.8 Å². The number of rotatable bonds is 4. The Morgan fingerprint density at radius 2 is 1.78 bits per heavy atom. The molecule has 150 valence electrons. The molecule has 0 unspecified atom stereocenters. The van der Waals surface area contributed by atoms with E-state index in [4.69, 9.17) is 14.7 Å². The fraction of sp³-hybridized carbons (Fsp3) is 0.667. The zero-order valence-electron chi connectivity index (χ0n) is 15.0. The summed E-state index contributed by atoms with van der Waals surface area (Å²) in [5.74, 6) is -1.41. The van der Waals surface area contributed by atoms with Gasteiger partial charge in [0.1, 0.15) is 18.3 Å². The Hall–Kier alpha value is -1.94. The predicted octanol–water partition coefficient (Wildman–Crippen LogP) is -0.475. The fourth-order valence-corrected chi connectivity index (χ4v) is 3.75. The van der Waals surface area contributed by atoms with Gasteiger partial charge in [-0.15, -0.1) is 4.73 Å². The molecular formula is C18H25NO8. The van der Waals surface area contributed by atoms with Crippen LogP contribution in [0.5, 0.6) is 0 Å². The number of hydrogen-bond acceptors (Lipinski definition) is 7. The quantitative estimate of drug-likeness (QED) is 0.547. The van der Waals surface area contributed by atoms with Crippen LogP contribution in [-0.4, -0.2) is 61.8 Å². The van der Waals surface area contributed by atoms with Crippen LogP contribution >= 0.6 is 0 Å². The molecule has 0 spiro atoms. The second kappa shape index (κ2) is 7.97. The van der Waals surface area contributed by atoms with Crippen LogP contribution in [-0.2, 0) is 9.53 Å². The summed E-state index contributed by atoms with van der Waals surface area (Å²) in [7, 11) is 0. The summed E-state index contributed by atoms with van der Waals surface area (Å²) < 4.78 is 6.15. The summed E-state index contributed by atoms with van der Waals surface area (Å²) >= 11 is 0.